The van der Waals surface area contributed by atoms with E-state index in [0.29, 0.717) is 11.2 Å². The zero-order valence-electron chi connectivity index (χ0n) is 22.9. The van der Waals surface area contributed by atoms with Crippen molar-refractivity contribution in [1.29, 1.82) is 0 Å². The molecule has 3 aromatic heterocycles. The Hall–Kier alpha value is -5.36. The van der Waals surface area contributed by atoms with Crippen molar-refractivity contribution >= 4 is 65.8 Å². The summed E-state index contributed by atoms with van der Waals surface area (Å²) in [7, 11) is 0. The number of furan rings is 3. The lowest BCUT2D eigenvalue weighted by atomic mass is 9.98. The molecule has 0 saturated heterocycles. The van der Waals surface area contributed by atoms with Gasteiger partial charge in [0.05, 0.1) is 13.2 Å². The molecule has 0 fully saturated rings. The molecule has 0 atom stereocenters. The summed E-state index contributed by atoms with van der Waals surface area (Å²) in [5.74, 6) is 0. The van der Waals surface area contributed by atoms with Gasteiger partial charge in [0.2, 0.25) is 0 Å². The van der Waals surface area contributed by atoms with Gasteiger partial charge in [-0.15, -0.1) is 0 Å². The van der Waals surface area contributed by atoms with Gasteiger partial charge in [-0.3, -0.25) is 0 Å². The molecule has 0 unspecified atom stereocenters. The van der Waals surface area contributed by atoms with Crippen LogP contribution in [-0.2, 0) is 13.2 Å². The lowest BCUT2D eigenvalue weighted by Crippen LogP contribution is -1.81. The number of benzene rings is 6. The molecule has 0 aliphatic rings. The normalized spacial score (nSPS) is 12.1. The van der Waals surface area contributed by atoms with Gasteiger partial charge in [-0.2, -0.15) is 0 Å². The van der Waals surface area contributed by atoms with Gasteiger partial charge in [-0.25, -0.2) is 0 Å². The van der Waals surface area contributed by atoms with Crippen LogP contribution in [-0.4, -0.2) is 10.2 Å². The van der Waals surface area contributed by atoms with E-state index in [2.05, 4.69) is 60.7 Å². The average molecular weight is 561 g/mol. The van der Waals surface area contributed by atoms with Crippen molar-refractivity contribution in [3.8, 4) is 22.3 Å². The molecule has 9 rings (SSSR count). The minimum atomic E-state index is -0.0896. The number of fused-ring (bicyclic) bond motifs is 9. The van der Waals surface area contributed by atoms with Crippen molar-refractivity contribution in [2.75, 3.05) is 0 Å². The molecule has 6 aromatic carbocycles. The topological polar surface area (TPSA) is 79.9 Å². The molecule has 43 heavy (non-hydrogen) atoms. The molecule has 0 amide bonds. The van der Waals surface area contributed by atoms with Crippen molar-refractivity contribution in [2.24, 2.45) is 0 Å². The maximum Gasteiger partial charge on any atom is 0.143 e. The lowest BCUT2D eigenvalue weighted by Gasteiger charge is -2.04. The summed E-state index contributed by atoms with van der Waals surface area (Å²) in [6.45, 7) is -0.179. The lowest BCUT2D eigenvalue weighted by molar-refractivity contribution is 0.281. The summed E-state index contributed by atoms with van der Waals surface area (Å²) in [6.07, 6.45) is 0. The van der Waals surface area contributed by atoms with Crippen LogP contribution >= 0.6 is 0 Å². The Balaban J connectivity index is 1.32. The molecule has 0 radical (unpaired) electrons. The Labute approximate surface area is 244 Å². The average Bonchev–Trinajstić information content (AvgIpc) is 3.76. The van der Waals surface area contributed by atoms with Gasteiger partial charge < -0.3 is 23.5 Å². The third kappa shape index (κ3) is 3.35. The van der Waals surface area contributed by atoms with E-state index in [1.807, 2.05) is 48.5 Å². The first-order chi connectivity index (χ1) is 21.2. The molecule has 0 aliphatic carbocycles. The van der Waals surface area contributed by atoms with Crippen molar-refractivity contribution in [2.45, 2.75) is 13.2 Å². The van der Waals surface area contributed by atoms with Crippen molar-refractivity contribution < 1.29 is 23.5 Å². The Kier molecular flexibility index (Phi) is 5.12. The zero-order valence-corrected chi connectivity index (χ0v) is 22.9. The Morgan fingerprint density at radius 1 is 0.326 bits per heavy atom. The van der Waals surface area contributed by atoms with Crippen LogP contribution in [0.1, 0.15) is 11.1 Å². The minimum Gasteiger partial charge on any atom is -0.455 e. The fourth-order valence-electron chi connectivity index (χ4n) is 6.67. The maximum absolute atomic E-state index is 9.93. The SMILES string of the molecule is OCc1cccc2c1oc1c(-c3cccc4c3oc3c(-c5cccc6c5oc5c(CO)cccc56)cccc34)cccc12. The number of hydrogen-bond acceptors (Lipinski definition) is 5. The second-order valence-corrected chi connectivity index (χ2v) is 10.9. The second-order valence-electron chi connectivity index (χ2n) is 10.9. The quantitative estimate of drug-likeness (QED) is 0.224. The summed E-state index contributed by atoms with van der Waals surface area (Å²) >= 11 is 0. The number of rotatable bonds is 4. The first kappa shape index (κ1) is 24.3. The molecule has 0 aliphatic heterocycles. The van der Waals surface area contributed by atoms with E-state index < -0.39 is 0 Å². The van der Waals surface area contributed by atoms with Crippen molar-refractivity contribution in [1.82, 2.24) is 0 Å². The predicted molar refractivity (Wildman–Crippen MR) is 171 cm³/mol. The highest BCUT2D eigenvalue weighted by Crippen LogP contribution is 2.45. The molecule has 0 spiro atoms. The highest BCUT2D eigenvalue weighted by atomic mass is 16.3. The summed E-state index contributed by atoms with van der Waals surface area (Å²) in [4.78, 5) is 0. The van der Waals surface area contributed by atoms with Crippen LogP contribution in [0.25, 0.3) is 88.1 Å². The smallest absolute Gasteiger partial charge is 0.143 e. The summed E-state index contributed by atoms with van der Waals surface area (Å²) in [5.41, 5.74) is 9.74. The van der Waals surface area contributed by atoms with Crippen LogP contribution in [0, 0.1) is 0 Å². The van der Waals surface area contributed by atoms with Gasteiger partial charge in [-0.1, -0.05) is 109 Å². The highest BCUT2D eigenvalue weighted by Gasteiger charge is 2.21. The zero-order chi connectivity index (χ0) is 28.7. The van der Waals surface area contributed by atoms with E-state index in [1.54, 1.807) is 0 Å². The predicted octanol–water partition coefficient (Wildman–Crippen LogP) is 9.70. The van der Waals surface area contributed by atoms with E-state index in [4.69, 9.17) is 13.3 Å². The van der Waals surface area contributed by atoms with Crippen LogP contribution in [0.3, 0.4) is 0 Å². The van der Waals surface area contributed by atoms with E-state index in [1.165, 1.54) is 0 Å². The van der Waals surface area contributed by atoms with Crippen molar-refractivity contribution in [3.05, 3.63) is 120 Å². The first-order valence-corrected chi connectivity index (χ1v) is 14.3. The van der Waals surface area contributed by atoms with E-state index >= 15 is 0 Å². The molecule has 2 N–H and O–H groups in total. The minimum absolute atomic E-state index is 0.0896. The fraction of sp³-hybridized carbons (Fsp3) is 0.0526. The van der Waals surface area contributed by atoms with Crippen LogP contribution in [0.5, 0.6) is 0 Å². The van der Waals surface area contributed by atoms with E-state index in [-0.39, 0.29) is 13.2 Å². The van der Waals surface area contributed by atoms with Gasteiger partial charge in [0.15, 0.2) is 0 Å². The molecule has 206 valence electrons. The van der Waals surface area contributed by atoms with Crippen molar-refractivity contribution in [3.63, 3.8) is 0 Å². The summed E-state index contributed by atoms with van der Waals surface area (Å²) in [5, 5.41) is 25.8. The molecule has 5 nitrogen and oxygen atoms in total. The van der Waals surface area contributed by atoms with Crippen LogP contribution in [0.4, 0.5) is 0 Å². The van der Waals surface area contributed by atoms with Gasteiger partial charge in [0, 0.05) is 65.7 Å². The monoisotopic (exact) mass is 560 g/mol. The van der Waals surface area contributed by atoms with Crippen LogP contribution in [0.2, 0.25) is 0 Å². The Bertz CT molecular complexity index is 2370. The molecule has 0 saturated carbocycles. The van der Waals surface area contributed by atoms with E-state index in [0.717, 1.165) is 88.0 Å². The fourth-order valence-corrected chi connectivity index (χ4v) is 6.67. The summed E-state index contributed by atoms with van der Waals surface area (Å²) < 4.78 is 19.7. The molecule has 0 bridgehead atoms. The Morgan fingerprint density at radius 3 is 0.884 bits per heavy atom. The van der Waals surface area contributed by atoms with E-state index in [9.17, 15) is 10.2 Å². The van der Waals surface area contributed by atoms with Crippen LogP contribution < -0.4 is 0 Å². The van der Waals surface area contributed by atoms with Gasteiger partial charge in [-0.05, 0) is 0 Å². The Morgan fingerprint density at radius 2 is 0.581 bits per heavy atom. The second kappa shape index (κ2) is 9.07. The molecule has 3 heterocycles. The maximum atomic E-state index is 9.93. The van der Waals surface area contributed by atoms with Crippen LogP contribution in [0.15, 0.2) is 122 Å². The van der Waals surface area contributed by atoms with Gasteiger partial charge >= 0.3 is 0 Å². The standard InChI is InChI=1S/C38H24O5/c39-19-21-7-1-9-23-25-11-3-13-27(35(25)41-33(21)23)29-15-5-17-31-32-18-6-16-30(38(32)43-37(29)31)28-14-4-12-26-24-10-2-8-22(20-40)34(24)42-36(26)28/h1-18,39-40H,19-20H2. The first-order valence-electron chi connectivity index (χ1n) is 14.3. The molecule has 5 heteroatoms. The largest absolute Gasteiger partial charge is 0.455 e. The number of aliphatic hydroxyl groups excluding tert-OH is 2. The highest BCUT2D eigenvalue weighted by molar-refractivity contribution is 6.18. The number of aliphatic hydroxyl groups is 2. The number of para-hydroxylation sites is 6. The molecular weight excluding hydrogens is 536 g/mol. The van der Waals surface area contributed by atoms with Gasteiger partial charge in [0.1, 0.15) is 33.5 Å². The third-order valence-electron chi connectivity index (χ3n) is 8.66. The van der Waals surface area contributed by atoms with Gasteiger partial charge in [0.25, 0.3) is 0 Å². The molecular formula is C38H24O5. The third-order valence-corrected chi connectivity index (χ3v) is 8.66. The molecule has 9 aromatic rings. The summed E-state index contributed by atoms with van der Waals surface area (Å²) in [6, 6.07) is 36.4. The number of hydrogen-bond donors (Lipinski definition) is 2.